The highest BCUT2D eigenvalue weighted by Gasteiger charge is 2.28. The van der Waals surface area contributed by atoms with Crippen LogP contribution in [0.1, 0.15) is 26.7 Å². The van der Waals surface area contributed by atoms with E-state index in [0.717, 1.165) is 29.2 Å². The molecule has 2 N–H and O–H groups in total. The van der Waals surface area contributed by atoms with Crippen molar-refractivity contribution in [3.63, 3.8) is 0 Å². The summed E-state index contributed by atoms with van der Waals surface area (Å²) >= 11 is 3.58. The van der Waals surface area contributed by atoms with Gasteiger partial charge in [0, 0.05) is 13.1 Å². The Kier molecular flexibility index (Phi) is 5.21. The van der Waals surface area contributed by atoms with E-state index in [1.165, 1.54) is 25.9 Å². The highest BCUT2D eigenvalue weighted by atomic mass is 79.9. The minimum absolute atomic E-state index is 0.343. The molecule has 6 heteroatoms. The molecule has 0 aliphatic carbocycles. The Morgan fingerprint density at radius 1 is 1.25 bits per heavy atom. The lowest BCUT2D eigenvalue weighted by molar-refractivity contribution is 0.150. The zero-order valence-electron chi connectivity index (χ0n) is 12.5. The van der Waals surface area contributed by atoms with Crippen molar-refractivity contribution in [2.24, 2.45) is 5.41 Å². The molecule has 1 saturated heterocycles. The predicted molar refractivity (Wildman–Crippen MR) is 87.2 cm³/mol. The average molecular weight is 342 g/mol. The van der Waals surface area contributed by atoms with Crippen molar-refractivity contribution in [3.8, 4) is 0 Å². The number of piperidine rings is 1. The van der Waals surface area contributed by atoms with E-state index in [1.54, 1.807) is 6.33 Å². The summed E-state index contributed by atoms with van der Waals surface area (Å²) < 4.78 is 0.915. The van der Waals surface area contributed by atoms with Gasteiger partial charge in [0.25, 0.3) is 0 Å². The molecule has 2 rings (SSSR count). The lowest BCUT2D eigenvalue weighted by Crippen LogP contribution is -2.40. The van der Waals surface area contributed by atoms with E-state index in [4.69, 9.17) is 0 Å². The van der Waals surface area contributed by atoms with Crippen LogP contribution in [0.4, 0.5) is 11.6 Å². The van der Waals surface area contributed by atoms with Crippen LogP contribution in [0.5, 0.6) is 0 Å². The van der Waals surface area contributed by atoms with E-state index < -0.39 is 0 Å². The second-order valence-electron chi connectivity index (χ2n) is 5.88. The fourth-order valence-electron chi connectivity index (χ4n) is 2.42. The number of likely N-dealkylation sites (tertiary alicyclic amines) is 1. The lowest BCUT2D eigenvalue weighted by Gasteiger charge is -2.38. The first-order valence-corrected chi connectivity index (χ1v) is 8.00. The van der Waals surface area contributed by atoms with Crippen molar-refractivity contribution in [1.29, 1.82) is 0 Å². The van der Waals surface area contributed by atoms with E-state index in [9.17, 15) is 0 Å². The number of nitrogens with one attached hydrogen (secondary N) is 2. The van der Waals surface area contributed by atoms with Gasteiger partial charge in [0.2, 0.25) is 0 Å². The van der Waals surface area contributed by atoms with Crippen LogP contribution in [0.3, 0.4) is 0 Å². The minimum atomic E-state index is 0.343. The van der Waals surface area contributed by atoms with E-state index in [0.29, 0.717) is 5.41 Å². The Morgan fingerprint density at radius 2 is 1.85 bits per heavy atom. The molecular formula is C14H24BrN5. The highest BCUT2D eigenvalue weighted by molar-refractivity contribution is 9.10. The second-order valence-corrected chi connectivity index (χ2v) is 6.68. The molecule has 0 saturated carbocycles. The molecule has 20 heavy (non-hydrogen) atoms. The number of nitrogens with zero attached hydrogens (tertiary/aromatic N) is 3. The molecule has 0 aromatic carbocycles. The van der Waals surface area contributed by atoms with Crippen molar-refractivity contribution in [2.45, 2.75) is 26.7 Å². The van der Waals surface area contributed by atoms with Crippen LogP contribution in [0, 0.1) is 5.41 Å². The predicted octanol–water partition coefficient (Wildman–Crippen LogP) is 2.81. The summed E-state index contributed by atoms with van der Waals surface area (Å²) in [6, 6.07) is 0. The topological polar surface area (TPSA) is 53.1 Å². The molecule has 112 valence electrons. The normalized spacial score (nSPS) is 18.8. The van der Waals surface area contributed by atoms with Gasteiger partial charge in [-0.15, -0.1) is 0 Å². The molecule has 2 heterocycles. The van der Waals surface area contributed by atoms with Gasteiger partial charge < -0.3 is 15.5 Å². The third-order valence-corrected chi connectivity index (χ3v) is 4.76. The molecule has 0 unspecified atom stereocenters. The molecule has 0 amide bonds. The maximum atomic E-state index is 4.33. The average Bonchev–Trinajstić information content (AvgIpc) is 2.44. The van der Waals surface area contributed by atoms with Crippen LogP contribution in [0.25, 0.3) is 0 Å². The molecule has 1 aromatic rings. The summed E-state index contributed by atoms with van der Waals surface area (Å²) in [4.78, 5) is 11.0. The molecular weight excluding hydrogens is 318 g/mol. The summed E-state index contributed by atoms with van der Waals surface area (Å²) in [7, 11) is 2.19. The summed E-state index contributed by atoms with van der Waals surface area (Å²) in [5.41, 5.74) is 0.343. The first-order valence-electron chi connectivity index (χ1n) is 7.21. The van der Waals surface area contributed by atoms with Crippen molar-refractivity contribution >= 4 is 27.6 Å². The fraction of sp³-hybridized carbons (Fsp3) is 0.714. The van der Waals surface area contributed by atoms with E-state index in [2.05, 4.69) is 62.3 Å². The smallest absolute Gasteiger partial charge is 0.145 e. The maximum absolute atomic E-state index is 4.33. The molecule has 0 bridgehead atoms. The largest absolute Gasteiger partial charge is 0.369 e. The summed E-state index contributed by atoms with van der Waals surface area (Å²) in [6.45, 7) is 8.55. The first kappa shape index (κ1) is 15.5. The fourth-order valence-corrected chi connectivity index (χ4v) is 2.90. The van der Waals surface area contributed by atoms with Crippen molar-refractivity contribution in [2.75, 3.05) is 43.9 Å². The van der Waals surface area contributed by atoms with Gasteiger partial charge in [0.05, 0.1) is 0 Å². The Balaban J connectivity index is 1.98. The van der Waals surface area contributed by atoms with Gasteiger partial charge in [0.1, 0.15) is 22.4 Å². The van der Waals surface area contributed by atoms with Gasteiger partial charge in [-0.25, -0.2) is 9.97 Å². The third kappa shape index (κ3) is 3.82. The number of rotatable bonds is 5. The number of anilines is 2. The summed E-state index contributed by atoms with van der Waals surface area (Å²) in [5.74, 6) is 1.72. The van der Waals surface area contributed by atoms with Gasteiger partial charge >= 0.3 is 0 Å². The van der Waals surface area contributed by atoms with E-state index in [-0.39, 0.29) is 0 Å². The third-order valence-electron chi connectivity index (χ3n) is 4.01. The molecule has 5 nitrogen and oxygen atoms in total. The molecule has 1 aliphatic rings. The van der Waals surface area contributed by atoms with Gasteiger partial charge in [-0.3, -0.25) is 0 Å². The van der Waals surface area contributed by atoms with Crippen LogP contribution < -0.4 is 10.6 Å². The molecule has 1 aromatic heterocycles. The van der Waals surface area contributed by atoms with Gasteiger partial charge in [-0.1, -0.05) is 6.92 Å². The summed E-state index contributed by atoms with van der Waals surface area (Å²) in [5, 5.41) is 6.71. The summed E-state index contributed by atoms with van der Waals surface area (Å²) in [6.07, 6.45) is 4.04. The lowest BCUT2D eigenvalue weighted by atomic mass is 9.80. The molecule has 1 fully saturated rings. The zero-order valence-corrected chi connectivity index (χ0v) is 14.1. The minimum Gasteiger partial charge on any atom is -0.369 e. The van der Waals surface area contributed by atoms with Gasteiger partial charge in [-0.05, 0) is 61.2 Å². The Labute approximate surface area is 129 Å². The Hall–Kier alpha value is -0.880. The molecule has 1 aliphatic heterocycles. The second kappa shape index (κ2) is 6.72. The molecule has 0 spiro atoms. The first-order chi connectivity index (χ1) is 9.54. The van der Waals surface area contributed by atoms with E-state index in [1.807, 2.05) is 0 Å². The quantitative estimate of drug-likeness (QED) is 0.862. The van der Waals surface area contributed by atoms with E-state index >= 15 is 0 Å². The number of hydrogen-bond donors (Lipinski definition) is 2. The standard InChI is InChI=1S/C14H24BrN5/c1-4-16-12-11(15)13(19-10-18-12)17-9-14(2)5-7-20(3)8-6-14/h10H,4-9H2,1-3H3,(H2,16,17,18,19). The van der Waals surface area contributed by atoms with Crippen molar-refractivity contribution < 1.29 is 0 Å². The highest BCUT2D eigenvalue weighted by Crippen LogP contribution is 2.32. The van der Waals surface area contributed by atoms with Crippen LogP contribution >= 0.6 is 15.9 Å². The maximum Gasteiger partial charge on any atom is 0.145 e. The van der Waals surface area contributed by atoms with Crippen LogP contribution in [0.15, 0.2) is 10.8 Å². The number of halogens is 1. The van der Waals surface area contributed by atoms with Crippen LogP contribution in [-0.2, 0) is 0 Å². The van der Waals surface area contributed by atoms with Crippen LogP contribution in [0.2, 0.25) is 0 Å². The molecule has 0 atom stereocenters. The molecule has 0 radical (unpaired) electrons. The van der Waals surface area contributed by atoms with Crippen molar-refractivity contribution in [3.05, 3.63) is 10.8 Å². The number of aromatic nitrogens is 2. The van der Waals surface area contributed by atoms with Crippen LogP contribution in [-0.4, -0.2) is 48.1 Å². The number of hydrogen-bond acceptors (Lipinski definition) is 5. The Morgan fingerprint density at radius 3 is 2.45 bits per heavy atom. The monoisotopic (exact) mass is 341 g/mol. The Bertz CT molecular complexity index is 443. The SMILES string of the molecule is CCNc1ncnc(NCC2(C)CCN(C)CC2)c1Br. The van der Waals surface area contributed by atoms with Gasteiger partial charge in [-0.2, -0.15) is 0 Å². The van der Waals surface area contributed by atoms with Crippen molar-refractivity contribution in [1.82, 2.24) is 14.9 Å². The zero-order chi connectivity index (χ0) is 14.6. The van der Waals surface area contributed by atoms with Gasteiger partial charge in [0.15, 0.2) is 0 Å².